The third-order valence-electron chi connectivity index (χ3n) is 1.43. The van der Waals surface area contributed by atoms with Gasteiger partial charge in [0, 0.05) is 11.3 Å². The fourth-order valence-corrected chi connectivity index (χ4v) is 1.09. The summed E-state index contributed by atoms with van der Waals surface area (Å²) in [7, 11) is 0. The van der Waals surface area contributed by atoms with Crippen LogP contribution in [0.3, 0.4) is 0 Å². The normalized spacial score (nSPS) is 8.64. The highest BCUT2D eigenvalue weighted by molar-refractivity contribution is 9.09. The summed E-state index contributed by atoms with van der Waals surface area (Å²) in [6.07, 6.45) is 0. The summed E-state index contributed by atoms with van der Waals surface area (Å²) in [5, 5.41) is 3.11. The molecule has 0 aromatic heterocycles. The Morgan fingerprint density at radius 3 is 3.00 bits per heavy atom. The number of rotatable bonds is 1. The van der Waals surface area contributed by atoms with Crippen LogP contribution >= 0.6 is 15.9 Å². The molecule has 0 unspecified atom stereocenters. The van der Waals surface area contributed by atoms with Gasteiger partial charge in [-0.1, -0.05) is 33.8 Å². The van der Waals surface area contributed by atoms with Crippen molar-refractivity contribution in [3.05, 3.63) is 29.8 Å². The van der Waals surface area contributed by atoms with Gasteiger partial charge in [0.05, 0.1) is 5.33 Å². The smallest absolute Gasteiger partial charge is 0.316 e. The summed E-state index contributed by atoms with van der Waals surface area (Å²) in [6, 6.07) is 6.62. The number of alkyl halides is 1. The van der Waals surface area contributed by atoms with E-state index >= 15 is 0 Å². The lowest BCUT2D eigenvalue weighted by molar-refractivity contribution is 0.259. The molecule has 2 amide bonds. The molecule has 14 heavy (non-hydrogen) atoms. The van der Waals surface area contributed by atoms with Gasteiger partial charge in [-0.15, -0.1) is 0 Å². The van der Waals surface area contributed by atoms with Gasteiger partial charge in [-0.05, 0) is 18.2 Å². The highest BCUT2D eigenvalue weighted by Crippen LogP contribution is 2.08. The zero-order chi connectivity index (χ0) is 10.4. The Hall–Kier alpha value is -1.47. The van der Waals surface area contributed by atoms with E-state index in [9.17, 15) is 4.79 Å². The summed E-state index contributed by atoms with van der Waals surface area (Å²) in [5.41, 5.74) is 6.48. The molecule has 0 radical (unpaired) electrons. The number of carbonyl (C=O) groups excluding carboxylic acids is 1. The average molecular weight is 253 g/mol. The Labute approximate surface area is 90.8 Å². The molecule has 1 rings (SSSR count). The summed E-state index contributed by atoms with van der Waals surface area (Å²) < 4.78 is 0. The maximum atomic E-state index is 10.6. The molecular weight excluding hydrogens is 244 g/mol. The van der Waals surface area contributed by atoms with Gasteiger partial charge in [-0.25, -0.2) is 4.79 Å². The predicted molar refractivity (Wildman–Crippen MR) is 60.3 cm³/mol. The van der Waals surface area contributed by atoms with Crippen molar-refractivity contribution in [3.63, 3.8) is 0 Å². The number of anilines is 1. The highest BCUT2D eigenvalue weighted by Gasteiger charge is 1.95. The third-order valence-corrected chi connectivity index (χ3v) is 1.71. The van der Waals surface area contributed by atoms with Gasteiger partial charge in [0.1, 0.15) is 0 Å². The quantitative estimate of drug-likeness (QED) is 0.583. The molecule has 0 fully saturated rings. The summed E-state index contributed by atoms with van der Waals surface area (Å²) in [5.74, 6) is 5.79. The summed E-state index contributed by atoms with van der Waals surface area (Å²) in [6.45, 7) is 0. The van der Waals surface area contributed by atoms with Crippen LogP contribution in [0.25, 0.3) is 0 Å². The minimum atomic E-state index is -0.574. The predicted octanol–water partition coefficient (Wildman–Crippen LogP) is 1.92. The van der Waals surface area contributed by atoms with E-state index in [1.54, 1.807) is 12.1 Å². The van der Waals surface area contributed by atoms with Crippen LogP contribution in [0.2, 0.25) is 0 Å². The van der Waals surface area contributed by atoms with Crippen LogP contribution in [0.1, 0.15) is 5.56 Å². The molecule has 1 aromatic carbocycles. The molecule has 0 aliphatic carbocycles. The van der Waals surface area contributed by atoms with Crippen molar-refractivity contribution in [2.45, 2.75) is 0 Å². The topological polar surface area (TPSA) is 55.1 Å². The van der Waals surface area contributed by atoms with Crippen LogP contribution in [0.4, 0.5) is 10.5 Å². The highest BCUT2D eigenvalue weighted by atomic mass is 79.9. The van der Waals surface area contributed by atoms with Gasteiger partial charge in [0.2, 0.25) is 0 Å². The number of carbonyl (C=O) groups is 1. The molecule has 0 saturated carbocycles. The maximum absolute atomic E-state index is 10.6. The van der Waals surface area contributed by atoms with Crippen LogP contribution in [0, 0.1) is 11.8 Å². The van der Waals surface area contributed by atoms with E-state index in [0.717, 1.165) is 5.56 Å². The van der Waals surface area contributed by atoms with Crippen molar-refractivity contribution >= 4 is 27.6 Å². The van der Waals surface area contributed by atoms with Crippen LogP contribution in [0.15, 0.2) is 24.3 Å². The Kier molecular flexibility index (Phi) is 4.02. The molecule has 72 valence electrons. The molecular formula is C10H9BrN2O. The van der Waals surface area contributed by atoms with Crippen LogP contribution in [-0.2, 0) is 0 Å². The van der Waals surface area contributed by atoms with Crippen LogP contribution in [0.5, 0.6) is 0 Å². The summed E-state index contributed by atoms with van der Waals surface area (Å²) in [4.78, 5) is 10.6. The second kappa shape index (κ2) is 5.30. The zero-order valence-corrected chi connectivity index (χ0v) is 8.97. The fraction of sp³-hybridized carbons (Fsp3) is 0.100. The first-order valence-electron chi connectivity index (χ1n) is 3.93. The Bertz CT molecular complexity index is 393. The number of primary amides is 1. The van der Waals surface area contributed by atoms with Gasteiger partial charge in [0.15, 0.2) is 0 Å². The first-order chi connectivity index (χ1) is 6.72. The standard InChI is InChI=1S/C10H9BrN2O/c11-6-2-4-8-3-1-5-9(7-8)13-10(12)14/h1,3,5,7H,6H2,(H3,12,13,14). The van der Waals surface area contributed by atoms with Gasteiger partial charge >= 0.3 is 6.03 Å². The molecule has 0 spiro atoms. The van der Waals surface area contributed by atoms with Gasteiger partial charge < -0.3 is 11.1 Å². The molecule has 0 bridgehead atoms. The van der Waals surface area contributed by atoms with E-state index in [0.29, 0.717) is 11.0 Å². The molecule has 4 heteroatoms. The van der Waals surface area contributed by atoms with E-state index in [4.69, 9.17) is 5.73 Å². The Morgan fingerprint density at radius 1 is 1.57 bits per heavy atom. The largest absolute Gasteiger partial charge is 0.351 e. The van der Waals surface area contributed by atoms with Gasteiger partial charge in [-0.2, -0.15) is 0 Å². The number of amides is 2. The van der Waals surface area contributed by atoms with Crippen LogP contribution < -0.4 is 11.1 Å². The maximum Gasteiger partial charge on any atom is 0.316 e. The molecule has 0 saturated heterocycles. The lowest BCUT2D eigenvalue weighted by atomic mass is 10.2. The molecule has 1 aromatic rings. The number of halogens is 1. The van der Waals surface area contributed by atoms with Crippen molar-refractivity contribution in [2.75, 3.05) is 10.6 Å². The lowest BCUT2D eigenvalue weighted by Crippen LogP contribution is -2.19. The SMILES string of the molecule is NC(=O)Nc1cccc(C#CCBr)c1. The Balaban J connectivity index is 2.84. The minimum Gasteiger partial charge on any atom is -0.351 e. The van der Waals surface area contributed by atoms with E-state index in [1.807, 2.05) is 12.1 Å². The number of hydrogen-bond donors (Lipinski definition) is 2. The van der Waals surface area contributed by atoms with Crippen molar-refractivity contribution in [2.24, 2.45) is 5.73 Å². The number of nitrogens with two attached hydrogens (primary N) is 1. The second-order valence-corrected chi connectivity index (χ2v) is 3.07. The van der Waals surface area contributed by atoms with Crippen molar-refractivity contribution < 1.29 is 4.79 Å². The van der Waals surface area contributed by atoms with Crippen LogP contribution in [-0.4, -0.2) is 11.4 Å². The first-order valence-corrected chi connectivity index (χ1v) is 5.06. The zero-order valence-electron chi connectivity index (χ0n) is 7.38. The number of benzene rings is 1. The average Bonchev–Trinajstić information content (AvgIpc) is 2.14. The van der Waals surface area contributed by atoms with Crippen molar-refractivity contribution in [3.8, 4) is 11.8 Å². The monoisotopic (exact) mass is 252 g/mol. The van der Waals surface area contributed by atoms with Gasteiger partial charge in [0.25, 0.3) is 0 Å². The first kappa shape index (κ1) is 10.6. The lowest BCUT2D eigenvalue weighted by Gasteiger charge is -2.00. The van der Waals surface area contributed by atoms with E-state index in [1.165, 1.54) is 0 Å². The Morgan fingerprint density at radius 2 is 2.36 bits per heavy atom. The summed E-state index contributed by atoms with van der Waals surface area (Å²) >= 11 is 3.20. The molecule has 3 nitrogen and oxygen atoms in total. The molecule has 0 heterocycles. The minimum absolute atomic E-state index is 0.574. The second-order valence-electron chi connectivity index (χ2n) is 2.51. The number of urea groups is 1. The van der Waals surface area contributed by atoms with E-state index in [2.05, 4.69) is 33.1 Å². The fourth-order valence-electron chi connectivity index (χ4n) is 0.952. The molecule has 0 aliphatic heterocycles. The third kappa shape index (κ3) is 3.50. The van der Waals surface area contributed by atoms with E-state index < -0.39 is 6.03 Å². The van der Waals surface area contributed by atoms with Gasteiger partial charge in [-0.3, -0.25) is 0 Å². The van der Waals surface area contributed by atoms with Crippen molar-refractivity contribution in [1.82, 2.24) is 0 Å². The van der Waals surface area contributed by atoms with E-state index in [-0.39, 0.29) is 0 Å². The molecule has 0 aliphatic rings. The number of nitrogens with one attached hydrogen (secondary N) is 1. The number of hydrogen-bond acceptors (Lipinski definition) is 1. The molecule has 3 N–H and O–H groups in total. The molecule has 0 atom stereocenters. The van der Waals surface area contributed by atoms with Crippen molar-refractivity contribution in [1.29, 1.82) is 0 Å².